The van der Waals surface area contributed by atoms with E-state index in [0.717, 1.165) is 12.8 Å². The van der Waals surface area contributed by atoms with Crippen molar-refractivity contribution in [3.05, 3.63) is 29.6 Å². The number of aromatic nitrogens is 1. The van der Waals surface area contributed by atoms with Crippen LogP contribution in [-0.2, 0) is 6.54 Å². The number of aromatic carboxylic acids is 1. The Hall–Kier alpha value is -1.46. The summed E-state index contributed by atoms with van der Waals surface area (Å²) >= 11 is 0. The summed E-state index contributed by atoms with van der Waals surface area (Å²) in [6.07, 6.45) is 1.64. The molecule has 0 radical (unpaired) electrons. The molecule has 1 rings (SSSR count). The van der Waals surface area contributed by atoms with Crippen LogP contribution in [0, 0.1) is 0 Å². The molecule has 0 aliphatic carbocycles. The molecule has 5 heteroatoms. The number of carboxylic acid groups (broad SMARTS) is 1. The molecule has 0 bridgehead atoms. The number of rotatable bonds is 7. The van der Waals surface area contributed by atoms with Crippen LogP contribution in [0.25, 0.3) is 0 Å². The first kappa shape index (κ1) is 13.6. The molecule has 1 heterocycles. The van der Waals surface area contributed by atoms with Gasteiger partial charge >= 0.3 is 5.97 Å². The lowest BCUT2D eigenvalue weighted by Crippen LogP contribution is -2.26. The van der Waals surface area contributed by atoms with Gasteiger partial charge in [-0.15, -0.1) is 0 Å². The summed E-state index contributed by atoms with van der Waals surface area (Å²) in [7, 11) is 0. The summed E-state index contributed by atoms with van der Waals surface area (Å²) < 4.78 is 0. The highest BCUT2D eigenvalue weighted by Crippen LogP contribution is 2.01. The molecule has 1 aromatic heterocycles. The van der Waals surface area contributed by atoms with Gasteiger partial charge in [0, 0.05) is 19.2 Å². The van der Waals surface area contributed by atoms with Crippen LogP contribution in [0.2, 0.25) is 0 Å². The Morgan fingerprint density at radius 3 is 2.94 bits per heavy atom. The van der Waals surface area contributed by atoms with Gasteiger partial charge in [0.1, 0.15) is 5.69 Å². The molecule has 1 atom stereocenters. The van der Waals surface area contributed by atoms with Crippen molar-refractivity contribution in [3.63, 3.8) is 0 Å². The largest absolute Gasteiger partial charge is 0.477 e. The van der Waals surface area contributed by atoms with Crippen molar-refractivity contribution >= 4 is 5.97 Å². The zero-order valence-corrected chi connectivity index (χ0v) is 9.89. The van der Waals surface area contributed by atoms with Crippen LogP contribution < -0.4 is 5.32 Å². The fourth-order valence-electron chi connectivity index (χ4n) is 1.48. The monoisotopic (exact) mass is 238 g/mol. The summed E-state index contributed by atoms with van der Waals surface area (Å²) in [5, 5.41) is 20.7. The van der Waals surface area contributed by atoms with Gasteiger partial charge in [-0.3, -0.25) is 0 Å². The quantitative estimate of drug-likeness (QED) is 0.661. The second-order valence-corrected chi connectivity index (χ2v) is 3.97. The maximum Gasteiger partial charge on any atom is 0.354 e. The molecule has 0 aliphatic heterocycles. The zero-order valence-electron chi connectivity index (χ0n) is 9.89. The van der Waals surface area contributed by atoms with E-state index in [2.05, 4.69) is 10.3 Å². The highest BCUT2D eigenvalue weighted by atomic mass is 16.4. The van der Waals surface area contributed by atoms with Gasteiger partial charge in [0.15, 0.2) is 0 Å². The van der Waals surface area contributed by atoms with Crippen molar-refractivity contribution in [3.8, 4) is 0 Å². The molecule has 3 N–H and O–H groups in total. The number of hydrogen-bond donors (Lipinski definition) is 3. The molecule has 0 amide bonds. The normalized spacial score (nSPS) is 12.4. The van der Waals surface area contributed by atoms with Crippen LogP contribution in [0.4, 0.5) is 0 Å². The summed E-state index contributed by atoms with van der Waals surface area (Å²) in [4.78, 5) is 14.7. The summed E-state index contributed by atoms with van der Waals surface area (Å²) in [6.45, 7) is 2.75. The third-order valence-corrected chi connectivity index (χ3v) is 2.45. The molecule has 1 unspecified atom stereocenters. The van der Waals surface area contributed by atoms with Crippen LogP contribution in [0.3, 0.4) is 0 Å². The molecule has 1 aromatic rings. The minimum atomic E-state index is -1.01. The molecule has 0 spiro atoms. The average molecular weight is 238 g/mol. The molecule has 94 valence electrons. The molecule has 0 aromatic carbocycles. The van der Waals surface area contributed by atoms with Crippen LogP contribution in [-0.4, -0.2) is 33.8 Å². The molecule has 17 heavy (non-hydrogen) atoms. The van der Waals surface area contributed by atoms with E-state index >= 15 is 0 Å². The Bertz CT molecular complexity index is 369. The molecule has 0 fully saturated rings. The predicted octanol–water partition coefficient (Wildman–Crippen LogP) is 1.03. The first-order chi connectivity index (χ1) is 8.13. The van der Waals surface area contributed by atoms with E-state index in [1.165, 1.54) is 6.07 Å². The summed E-state index contributed by atoms with van der Waals surface area (Å²) in [6, 6.07) is 5.22. The molecule has 0 saturated carbocycles. The van der Waals surface area contributed by atoms with E-state index in [9.17, 15) is 4.79 Å². The van der Waals surface area contributed by atoms with E-state index in [-0.39, 0.29) is 18.3 Å². The first-order valence-electron chi connectivity index (χ1n) is 5.67. The number of carbonyl (C=O) groups is 1. The van der Waals surface area contributed by atoms with Gasteiger partial charge in [0.2, 0.25) is 0 Å². The second-order valence-electron chi connectivity index (χ2n) is 3.97. The smallest absolute Gasteiger partial charge is 0.354 e. The van der Waals surface area contributed by atoms with E-state index in [1.807, 2.05) is 6.92 Å². The number of aliphatic hydroxyl groups is 1. The third kappa shape index (κ3) is 4.93. The number of aliphatic hydroxyl groups excluding tert-OH is 1. The van der Waals surface area contributed by atoms with Crippen molar-refractivity contribution in [2.75, 3.05) is 6.61 Å². The number of hydrogen-bond acceptors (Lipinski definition) is 4. The highest BCUT2D eigenvalue weighted by molar-refractivity contribution is 5.85. The number of carboxylic acids is 1. The van der Waals surface area contributed by atoms with Crippen molar-refractivity contribution < 1.29 is 15.0 Å². The fourth-order valence-corrected chi connectivity index (χ4v) is 1.48. The standard InChI is InChI=1S/C12H18N2O3/c1-9(4-3-7-15)13-8-10-5-2-6-11(14-10)12(16)17/h2,5-6,9,13,15H,3-4,7-8H2,1H3,(H,16,17). The average Bonchev–Trinajstić information content (AvgIpc) is 2.34. The maximum absolute atomic E-state index is 10.7. The van der Waals surface area contributed by atoms with E-state index in [4.69, 9.17) is 10.2 Å². The highest BCUT2D eigenvalue weighted by Gasteiger charge is 2.06. The van der Waals surface area contributed by atoms with Gasteiger partial charge in [-0.2, -0.15) is 0 Å². The topological polar surface area (TPSA) is 82.5 Å². The Morgan fingerprint density at radius 2 is 2.29 bits per heavy atom. The lowest BCUT2D eigenvalue weighted by molar-refractivity contribution is 0.0690. The van der Waals surface area contributed by atoms with Gasteiger partial charge in [0.05, 0.1) is 5.69 Å². The van der Waals surface area contributed by atoms with E-state index in [0.29, 0.717) is 12.2 Å². The van der Waals surface area contributed by atoms with Crippen molar-refractivity contribution in [2.24, 2.45) is 0 Å². The summed E-state index contributed by atoms with van der Waals surface area (Å²) in [5.74, 6) is -1.01. The van der Waals surface area contributed by atoms with E-state index < -0.39 is 5.97 Å². The van der Waals surface area contributed by atoms with Gasteiger partial charge in [0.25, 0.3) is 0 Å². The minimum absolute atomic E-state index is 0.0623. The van der Waals surface area contributed by atoms with Gasteiger partial charge in [-0.05, 0) is 31.9 Å². The van der Waals surface area contributed by atoms with E-state index in [1.54, 1.807) is 12.1 Å². The second kappa shape index (κ2) is 6.98. The SMILES string of the molecule is CC(CCCO)NCc1cccc(C(=O)O)n1. The first-order valence-corrected chi connectivity index (χ1v) is 5.67. The fraction of sp³-hybridized carbons (Fsp3) is 0.500. The summed E-state index contributed by atoms with van der Waals surface area (Å²) in [5.41, 5.74) is 0.771. The Kier molecular flexibility index (Phi) is 5.59. The number of nitrogens with one attached hydrogen (secondary N) is 1. The van der Waals surface area contributed by atoms with Crippen LogP contribution in [0.15, 0.2) is 18.2 Å². The van der Waals surface area contributed by atoms with Crippen LogP contribution in [0.1, 0.15) is 35.9 Å². The third-order valence-electron chi connectivity index (χ3n) is 2.45. The molecule has 0 saturated heterocycles. The van der Waals surface area contributed by atoms with Gasteiger partial charge in [-0.25, -0.2) is 9.78 Å². The minimum Gasteiger partial charge on any atom is -0.477 e. The van der Waals surface area contributed by atoms with Crippen molar-refractivity contribution in [1.29, 1.82) is 0 Å². The lowest BCUT2D eigenvalue weighted by Gasteiger charge is -2.12. The number of nitrogens with zero attached hydrogens (tertiary/aromatic N) is 1. The molecular weight excluding hydrogens is 220 g/mol. The van der Waals surface area contributed by atoms with Crippen LogP contribution in [0.5, 0.6) is 0 Å². The molecule has 5 nitrogen and oxygen atoms in total. The Labute approximate surface area is 101 Å². The number of pyridine rings is 1. The van der Waals surface area contributed by atoms with Gasteiger partial charge in [-0.1, -0.05) is 6.07 Å². The zero-order chi connectivity index (χ0) is 12.7. The lowest BCUT2D eigenvalue weighted by atomic mass is 10.2. The van der Waals surface area contributed by atoms with Crippen molar-refractivity contribution in [1.82, 2.24) is 10.3 Å². The van der Waals surface area contributed by atoms with Gasteiger partial charge < -0.3 is 15.5 Å². The predicted molar refractivity (Wildman–Crippen MR) is 63.8 cm³/mol. The molecule has 0 aliphatic rings. The Balaban J connectivity index is 2.46. The Morgan fingerprint density at radius 1 is 1.53 bits per heavy atom. The van der Waals surface area contributed by atoms with Crippen LogP contribution >= 0.6 is 0 Å². The molecular formula is C12H18N2O3. The van der Waals surface area contributed by atoms with Crippen molar-refractivity contribution in [2.45, 2.75) is 32.4 Å². The maximum atomic E-state index is 10.7.